The summed E-state index contributed by atoms with van der Waals surface area (Å²) >= 11 is 5.99. The third-order valence-electron chi connectivity index (χ3n) is 6.67. The number of alkyl halides is 3. The smallest absolute Gasteiger partial charge is 0.416 e. The number of aliphatic carboxylic acids is 1. The lowest BCUT2D eigenvalue weighted by atomic mass is 9.90. The van der Waals surface area contributed by atoms with Crippen LogP contribution in [-0.4, -0.2) is 94.7 Å². The van der Waals surface area contributed by atoms with E-state index in [2.05, 4.69) is 10.1 Å². The number of aromatic hydroxyl groups is 1. The van der Waals surface area contributed by atoms with Crippen molar-refractivity contribution in [2.75, 3.05) is 6.61 Å². The Kier molecular flexibility index (Phi) is 10.3. The van der Waals surface area contributed by atoms with Crippen LogP contribution in [0.25, 0.3) is 0 Å². The standard InChI is InChI=1S/C27H27ClF3N3O12/c1-26(42,9-34-11-32-10-33-34)13-3-2-12(4-14(13)27(29,30)31)44-18-6-16(35)15(28)5-17(18)45-25-24(41)23(40)22(39)19(46-25)8-43-21(38)7-20(36)37/h2-6,10-11,19,22-25,35,39-42H,7-9H2,1H3,(H,36,37)/t19-,22-,23+,24-,25+,26?/m1/s1. The molecule has 6 N–H and O–H groups in total. The van der Waals surface area contributed by atoms with E-state index in [-0.39, 0.29) is 11.6 Å². The molecule has 2 heterocycles. The number of carboxylic acids is 1. The molecule has 0 saturated carbocycles. The van der Waals surface area contributed by atoms with Crippen LogP contribution in [0.1, 0.15) is 24.5 Å². The van der Waals surface area contributed by atoms with Crippen LogP contribution in [0.15, 0.2) is 43.0 Å². The van der Waals surface area contributed by atoms with Crippen molar-refractivity contribution in [3.63, 3.8) is 0 Å². The van der Waals surface area contributed by atoms with E-state index in [1.165, 1.54) is 6.33 Å². The summed E-state index contributed by atoms with van der Waals surface area (Å²) in [7, 11) is 0. The van der Waals surface area contributed by atoms with Crippen LogP contribution >= 0.6 is 11.6 Å². The van der Waals surface area contributed by atoms with E-state index in [4.69, 9.17) is 35.7 Å². The summed E-state index contributed by atoms with van der Waals surface area (Å²) in [5.74, 6) is -4.57. The lowest BCUT2D eigenvalue weighted by Crippen LogP contribution is -2.60. The SMILES string of the molecule is CC(O)(Cn1cncn1)c1ccc(Oc2cc(O)c(Cl)cc2O[C@H]2O[C@H](COC(=O)CC(=O)O)[C@@H](O)[C@H](O)[C@H]2O)cc1C(F)(F)F. The molecule has 1 aliphatic heterocycles. The van der Waals surface area contributed by atoms with Crippen molar-refractivity contribution in [2.45, 2.75) is 62.4 Å². The monoisotopic (exact) mass is 677 g/mol. The van der Waals surface area contributed by atoms with Gasteiger partial charge < -0.3 is 49.6 Å². The maximum absolute atomic E-state index is 14.2. The van der Waals surface area contributed by atoms with Gasteiger partial charge >= 0.3 is 18.1 Å². The minimum atomic E-state index is -4.97. The van der Waals surface area contributed by atoms with Crippen molar-refractivity contribution < 1.29 is 72.3 Å². The van der Waals surface area contributed by atoms with Crippen molar-refractivity contribution in [1.29, 1.82) is 0 Å². The van der Waals surface area contributed by atoms with Crippen LogP contribution in [0, 0.1) is 0 Å². The normalized spacial score (nSPS) is 22.9. The number of nitrogens with zero attached hydrogens (tertiary/aromatic N) is 3. The molecule has 3 aromatic rings. The zero-order valence-corrected chi connectivity index (χ0v) is 24.3. The third kappa shape index (κ3) is 8.14. The Bertz CT molecular complexity index is 1560. The summed E-state index contributed by atoms with van der Waals surface area (Å²) < 4.78 is 65.0. The number of aromatic nitrogens is 3. The van der Waals surface area contributed by atoms with Crippen LogP contribution < -0.4 is 9.47 Å². The van der Waals surface area contributed by atoms with Crippen LogP contribution in [-0.2, 0) is 37.4 Å². The average molecular weight is 678 g/mol. The van der Waals surface area contributed by atoms with Crippen molar-refractivity contribution in [3.8, 4) is 23.0 Å². The lowest BCUT2D eigenvalue weighted by Gasteiger charge is -2.40. The highest BCUT2D eigenvalue weighted by molar-refractivity contribution is 6.32. The topological polar surface area (TPSA) is 223 Å². The number of carbonyl (C=O) groups excluding carboxylic acids is 1. The fourth-order valence-corrected chi connectivity index (χ4v) is 4.61. The Hall–Kier alpha value is -4.20. The molecule has 4 rings (SSSR count). The molecule has 46 heavy (non-hydrogen) atoms. The molecule has 6 atom stereocenters. The van der Waals surface area contributed by atoms with E-state index in [0.29, 0.717) is 6.07 Å². The van der Waals surface area contributed by atoms with E-state index in [1.807, 2.05) is 0 Å². The molecular weight excluding hydrogens is 651 g/mol. The van der Waals surface area contributed by atoms with E-state index >= 15 is 0 Å². The molecule has 15 nitrogen and oxygen atoms in total. The van der Waals surface area contributed by atoms with Crippen LogP contribution in [0.4, 0.5) is 13.2 Å². The van der Waals surface area contributed by atoms with Gasteiger partial charge in [-0.2, -0.15) is 18.3 Å². The lowest BCUT2D eigenvalue weighted by molar-refractivity contribution is -0.278. The van der Waals surface area contributed by atoms with Crippen molar-refractivity contribution in [2.24, 2.45) is 0 Å². The minimum absolute atomic E-state index is 0.331. The Labute approximate surface area is 261 Å². The molecule has 2 aromatic carbocycles. The highest BCUT2D eigenvalue weighted by Crippen LogP contribution is 2.44. The molecule has 0 bridgehead atoms. The van der Waals surface area contributed by atoms with Crippen LogP contribution in [0.5, 0.6) is 23.0 Å². The number of hydrogen-bond acceptors (Lipinski definition) is 13. The molecule has 0 radical (unpaired) electrons. The van der Waals surface area contributed by atoms with Gasteiger partial charge in [0.1, 0.15) is 67.2 Å². The summed E-state index contributed by atoms with van der Waals surface area (Å²) in [6.07, 6.45) is -12.7. The minimum Gasteiger partial charge on any atom is -0.506 e. The van der Waals surface area contributed by atoms with Crippen molar-refractivity contribution in [1.82, 2.24) is 14.8 Å². The Balaban J connectivity index is 1.61. The van der Waals surface area contributed by atoms with Gasteiger partial charge in [-0.15, -0.1) is 0 Å². The molecule has 0 spiro atoms. The molecule has 250 valence electrons. The number of hydrogen-bond donors (Lipinski definition) is 6. The zero-order chi connectivity index (χ0) is 34.0. The molecule has 1 saturated heterocycles. The highest BCUT2D eigenvalue weighted by Gasteiger charge is 2.46. The van der Waals surface area contributed by atoms with Gasteiger partial charge in [0, 0.05) is 12.1 Å². The number of rotatable bonds is 11. The quantitative estimate of drug-likeness (QED) is 0.125. The fraction of sp³-hybridized carbons (Fsp3) is 0.407. The Morgan fingerprint density at radius 1 is 1.07 bits per heavy atom. The summed E-state index contributed by atoms with van der Waals surface area (Å²) in [5, 5.41) is 64.4. The van der Waals surface area contributed by atoms with Gasteiger partial charge in [0.25, 0.3) is 0 Å². The first-order valence-corrected chi connectivity index (χ1v) is 13.5. The molecule has 0 amide bonds. The zero-order valence-electron chi connectivity index (χ0n) is 23.5. The average Bonchev–Trinajstić information content (AvgIpc) is 3.46. The summed E-state index contributed by atoms with van der Waals surface area (Å²) in [6.45, 7) is 0.0252. The number of aliphatic hydroxyl groups is 4. The summed E-state index contributed by atoms with van der Waals surface area (Å²) in [6, 6.07) is 4.51. The first kappa shape index (κ1) is 34.7. The molecule has 19 heteroatoms. The second-order valence-corrected chi connectivity index (χ2v) is 10.7. The number of phenols is 1. The second kappa shape index (κ2) is 13.7. The van der Waals surface area contributed by atoms with Gasteiger partial charge in [0.15, 0.2) is 11.5 Å². The van der Waals surface area contributed by atoms with Gasteiger partial charge in [-0.3, -0.25) is 9.59 Å². The van der Waals surface area contributed by atoms with E-state index in [0.717, 1.165) is 42.2 Å². The van der Waals surface area contributed by atoms with Gasteiger partial charge in [-0.1, -0.05) is 17.7 Å². The second-order valence-electron chi connectivity index (χ2n) is 10.3. The number of aliphatic hydroxyl groups excluding tert-OH is 3. The molecule has 1 fully saturated rings. The predicted molar refractivity (Wildman–Crippen MR) is 145 cm³/mol. The van der Waals surface area contributed by atoms with E-state index < -0.39 is 102 Å². The van der Waals surface area contributed by atoms with Crippen LogP contribution in [0.3, 0.4) is 0 Å². The number of benzene rings is 2. The van der Waals surface area contributed by atoms with Gasteiger partial charge in [-0.05, 0) is 24.6 Å². The first-order valence-electron chi connectivity index (χ1n) is 13.2. The highest BCUT2D eigenvalue weighted by atomic mass is 35.5. The first-order chi connectivity index (χ1) is 21.5. The van der Waals surface area contributed by atoms with Gasteiger partial charge in [-0.25, -0.2) is 9.67 Å². The summed E-state index contributed by atoms with van der Waals surface area (Å²) in [5.41, 5.74) is -3.85. The fourth-order valence-electron chi connectivity index (χ4n) is 4.46. The van der Waals surface area contributed by atoms with E-state index in [9.17, 15) is 48.3 Å². The van der Waals surface area contributed by atoms with Gasteiger partial charge in [0.2, 0.25) is 6.29 Å². The molecule has 0 aliphatic carbocycles. The maximum Gasteiger partial charge on any atom is 0.416 e. The van der Waals surface area contributed by atoms with Crippen LogP contribution in [0.2, 0.25) is 5.02 Å². The van der Waals surface area contributed by atoms with Crippen molar-refractivity contribution in [3.05, 3.63) is 59.1 Å². The number of phenolic OH excluding ortho intramolecular Hbond substituents is 1. The largest absolute Gasteiger partial charge is 0.506 e. The number of ether oxygens (including phenoxy) is 4. The molecule has 1 unspecified atom stereocenters. The number of esters is 1. The van der Waals surface area contributed by atoms with E-state index in [1.54, 1.807) is 0 Å². The van der Waals surface area contributed by atoms with Gasteiger partial charge in [0.05, 0.1) is 17.1 Å². The molecule has 1 aliphatic rings. The number of carboxylic acid groups (broad SMARTS) is 1. The maximum atomic E-state index is 14.2. The third-order valence-corrected chi connectivity index (χ3v) is 6.97. The number of carbonyl (C=O) groups is 2. The number of halogens is 4. The Morgan fingerprint density at radius 2 is 1.78 bits per heavy atom. The summed E-state index contributed by atoms with van der Waals surface area (Å²) in [4.78, 5) is 26.0. The molecule has 1 aromatic heterocycles. The Morgan fingerprint density at radius 3 is 2.41 bits per heavy atom. The molecular formula is C27H27ClF3N3O12. The van der Waals surface area contributed by atoms with Crippen molar-refractivity contribution >= 4 is 23.5 Å². The predicted octanol–water partition coefficient (Wildman–Crippen LogP) is 1.56.